The highest BCUT2D eigenvalue weighted by atomic mass is 16.4. The molecule has 0 heterocycles. The molecule has 0 saturated carbocycles. The van der Waals surface area contributed by atoms with Gasteiger partial charge in [-0.1, -0.05) is 48.0 Å². The monoisotopic (exact) mass is 900 g/mol. The summed E-state index contributed by atoms with van der Waals surface area (Å²) in [4.78, 5) is 106. The number of hydrogen-bond acceptors (Lipinski definition) is 13. The molecule has 0 aliphatic heterocycles. The number of aliphatic hydroxyl groups is 1. The van der Waals surface area contributed by atoms with Gasteiger partial charge in [-0.15, -0.1) is 0 Å². The van der Waals surface area contributed by atoms with Gasteiger partial charge in [-0.3, -0.25) is 39.0 Å². The second-order valence-electron chi connectivity index (χ2n) is 16.4. The molecule has 0 rings (SSSR count). The first-order valence-electron chi connectivity index (χ1n) is 21.8. The van der Waals surface area contributed by atoms with Gasteiger partial charge in [0, 0.05) is 6.54 Å². The first-order valence-corrected chi connectivity index (χ1v) is 21.8. The van der Waals surface area contributed by atoms with Gasteiger partial charge in [0.25, 0.3) is 0 Å². The number of nitrogens with two attached hydrogens (primary N) is 4. The summed E-state index contributed by atoms with van der Waals surface area (Å²) in [5, 5.41) is 47.9. The zero-order valence-electron chi connectivity index (χ0n) is 38.0. The topological polar surface area (TPSA) is 401 Å². The molecule has 0 aromatic heterocycles. The van der Waals surface area contributed by atoms with Crippen LogP contribution in [0.1, 0.15) is 106 Å². The number of carboxylic acid groups (broad SMARTS) is 1. The van der Waals surface area contributed by atoms with Gasteiger partial charge in [0.15, 0.2) is 5.96 Å². The fourth-order valence-electron chi connectivity index (χ4n) is 6.25. The van der Waals surface area contributed by atoms with Crippen LogP contribution in [0.5, 0.6) is 0 Å². The molecule has 0 aliphatic rings. The number of rotatable bonds is 32. The summed E-state index contributed by atoms with van der Waals surface area (Å²) in [7, 11) is 0. The van der Waals surface area contributed by atoms with Gasteiger partial charge < -0.3 is 75.7 Å². The predicted octanol–water partition coefficient (Wildman–Crippen LogP) is -3.32. The third-order valence-electron chi connectivity index (χ3n) is 10.3. The third-order valence-corrected chi connectivity index (χ3v) is 10.3. The van der Waals surface area contributed by atoms with Gasteiger partial charge in [0.05, 0.1) is 12.6 Å². The van der Waals surface area contributed by atoms with Crippen LogP contribution in [0.25, 0.3) is 0 Å². The Morgan fingerprint density at radius 2 is 0.937 bits per heavy atom. The van der Waals surface area contributed by atoms with Crippen molar-refractivity contribution < 1.29 is 48.6 Å². The van der Waals surface area contributed by atoms with Crippen molar-refractivity contribution in [3.63, 3.8) is 0 Å². The molecule has 0 aliphatic carbocycles. The average Bonchev–Trinajstić information content (AvgIpc) is 3.21. The van der Waals surface area contributed by atoms with E-state index in [9.17, 15) is 48.6 Å². The number of aliphatic carboxylic acids is 1. The van der Waals surface area contributed by atoms with E-state index in [1.54, 1.807) is 41.5 Å². The van der Waals surface area contributed by atoms with Crippen LogP contribution in [0, 0.1) is 23.2 Å². The summed E-state index contributed by atoms with van der Waals surface area (Å²) >= 11 is 0. The molecule has 0 unspecified atom stereocenters. The number of carbonyl (C=O) groups is 8. The van der Waals surface area contributed by atoms with E-state index < -0.39 is 120 Å². The van der Waals surface area contributed by atoms with Gasteiger partial charge >= 0.3 is 5.97 Å². The lowest BCUT2D eigenvalue weighted by atomic mass is 9.95. The van der Waals surface area contributed by atoms with E-state index in [0.717, 1.165) is 0 Å². The van der Waals surface area contributed by atoms with Crippen LogP contribution in [0.4, 0.5) is 0 Å². The highest BCUT2D eigenvalue weighted by molar-refractivity contribution is 5.97. The van der Waals surface area contributed by atoms with Crippen LogP contribution >= 0.6 is 0 Å². The number of carbonyl (C=O) groups excluding carboxylic acids is 7. The van der Waals surface area contributed by atoms with E-state index in [1.165, 1.54) is 6.92 Å². The van der Waals surface area contributed by atoms with Gasteiger partial charge in [-0.25, -0.2) is 4.79 Å². The van der Waals surface area contributed by atoms with Crippen molar-refractivity contribution >= 4 is 53.3 Å². The lowest BCUT2D eigenvalue weighted by Gasteiger charge is -2.31. The Balaban J connectivity index is 6.33. The predicted molar refractivity (Wildman–Crippen MR) is 236 cm³/mol. The zero-order valence-corrected chi connectivity index (χ0v) is 38.0. The standard InChI is InChI=1S/C40H77N13O10/c1-8-23(6)31(37(60)47-25(14-9-11-17-41)33(56)49-27(39(62)63)16-13-19-46-40(44)45)53-36(59)30(22(4)5)52-35(58)29(21(2)3)51-34(57)26(15-10-12-18-42)48-38(61)32(24(7)54)50-28(55)20-43/h21-27,29-32,54H,8-20,41-43H2,1-7H3,(H,47,60)(H,48,61)(H,49,56)(H,50,55)(H,51,57)(H,52,58)(H,53,59)(H,62,63)(H4,44,45,46)/t23-,24+,25-,26-,27-,29-,30-,31-,32-/m0/s1. The second kappa shape index (κ2) is 30.8. The summed E-state index contributed by atoms with van der Waals surface area (Å²) in [6, 6.07) is -8.76. The van der Waals surface area contributed by atoms with Crippen LogP contribution in [-0.2, 0) is 38.4 Å². The maximum Gasteiger partial charge on any atom is 0.326 e. The number of nitrogens with one attached hydrogen (secondary N) is 9. The van der Waals surface area contributed by atoms with Crippen LogP contribution < -0.4 is 65.5 Å². The first kappa shape index (κ1) is 57.9. The van der Waals surface area contributed by atoms with E-state index in [2.05, 4.69) is 42.5 Å². The number of amides is 7. The lowest BCUT2D eigenvalue weighted by Crippen LogP contribution is -2.62. The highest BCUT2D eigenvalue weighted by Crippen LogP contribution is 2.14. The van der Waals surface area contributed by atoms with Crippen molar-refractivity contribution in [3.05, 3.63) is 0 Å². The fraction of sp³-hybridized carbons (Fsp3) is 0.775. The molecular weight excluding hydrogens is 823 g/mol. The Morgan fingerprint density at radius 3 is 1.33 bits per heavy atom. The molecule has 0 saturated heterocycles. The van der Waals surface area contributed by atoms with Crippen molar-refractivity contribution in [1.29, 1.82) is 5.41 Å². The van der Waals surface area contributed by atoms with Crippen molar-refractivity contribution in [3.8, 4) is 0 Å². The SMILES string of the molecule is CC[C@H](C)[C@H](NC(=O)[C@@H](NC(=O)[C@@H](NC(=O)[C@H](CCCCN)NC(=O)[C@@H](NC(=O)CN)[C@@H](C)O)C(C)C)C(C)C)C(=O)N[C@@H](CCCCN)C(=O)N[C@@H](CCCNC(=N)N)C(=O)O. The van der Waals surface area contributed by atoms with Crippen molar-refractivity contribution in [1.82, 2.24) is 42.5 Å². The smallest absolute Gasteiger partial charge is 0.326 e. The molecule has 0 spiro atoms. The molecule has 0 aromatic carbocycles. The molecule has 23 nitrogen and oxygen atoms in total. The first-order chi connectivity index (χ1) is 29.6. The highest BCUT2D eigenvalue weighted by Gasteiger charge is 2.37. The molecule has 0 aromatic rings. The molecule has 23 heteroatoms. The molecule has 19 N–H and O–H groups in total. The van der Waals surface area contributed by atoms with Crippen LogP contribution in [0.2, 0.25) is 0 Å². The summed E-state index contributed by atoms with van der Waals surface area (Å²) in [6.07, 6.45) is 1.41. The normalized spacial score (nSPS) is 15.5. The maximum absolute atomic E-state index is 14.0. The molecular formula is C40H77N13O10. The van der Waals surface area contributed by atoms with Gasteiger partial charge in [-0.05, 0) is 89.1 Å². The molecule has 0 bridgehead atoms. The molecule has 63 heavy (non-hydrogen) atoms. The van der Waals surface area contributed by atoms with Crippen molar-refractivity contribution in [2.75, 3.05) is 26.2 Å². The number of carboxylic acids is 1. The van der Waals surface area contributed by atoms with E-state index in [4.69, 9.17) is 28.3 Å². The molecule has 362 valence electrons. The molecule has 9 atom stereocenters. The summed E-state index contributed by atoms with van der Waals surface area (Å²) in [5.41, 5.74) is 21.9. The van der Waals surface area contributed by atoms with E-state index >= 15 is 0 Å². The van der Waals surface area contributed by atoms with Crippen molar-refractivity contribution in [2.45, 2.75) is 155 Å². The largest absolute Gasteiger partial charge is 0.480 e. The lowest BCUT2D eigenvalue weighted by molar-refractivity contribution is -0.142. The van der Waals surface area contributed by atoms with E-state index in [0.29, 0.717) is 45.2 Å². The fourth-order valence-corrected chi connectivity index (χ4v) is 6.25. The number of unbranched alkanes of at least 4 members (excludes halogenated alkanes) is 2. The third kappa shape index (κ3) is 22.2. The second-order valence-corrected chi connectivity index (χ2v) is 16.4. The van der Waals surface area contributed by atoms with E-state index in [1.807, 2.05) is 0 Å². The van der Waals surface area contributed by atoms with E-state index in [-0.39, 0.29) is 38.2 Å². The summed E-state index contributed by atoms with van der Waals surface area (Å²) in [6.45, 7) is 11.8. The van der Waals surface area contributed by atoms with Crippen molar-refractivity contribution in [2.24, 2.45) is 40.7 Å². The van der Waals surface area contributed by atoms with Crippen LogP contribution in [-0.4, -0.2) is 138 Å². The average molecular weight is 900 g/mol. The number of aliphatic hydroxyl groups excluding tert-OH is 1. The Hall–Kier alpha value is -5.13. The Bertz CT molecular complexity index is 1500. The quantitative estimate of drug-likeness (QED) is 0.0179. The minimum Gasteiger partial charge on any atom is -0.480 e. The van der Waals surface area contributed by atoms with Gasteiger partial charge in [0.1, 0.15) is 42.3 Å². The van der Waals surface area contributed by atoms with Crippen LogP contribution in [0.3, 0.4) is 0 Å². The van der Waals surface area contributed by atoms with Crippen LogP contribution in [0.15, 0.2) is 0 Å². The minimum atomic E-state index is -1.43. The van der Waals surface area contributed by atoms with Gasteiger partial charge in [-0.2, -0.15) is 0 Å². The zero-order chi connectivity index (χ0) is 48.4. The Kier molecular flexibility index (Phi) is 28.3. The molecule has 7 amide bonds. The minimum absolute atomic E-state index is 0.00681. The molecule has 0 fully saturated rings. The summed E-state index contributed by atoms with van der Waals surface area (Å²) < 4.78 is 0. The summed E-state index contributed by atoms with van der Waals surface area (Å²) in [5.74, 6) is -8.35. The Morgan fingerprint density at radius 1 is 0.540 bits per heavy atom. The molecule has 0 radical (unpaired) electrons. The number of hydrogen-bond donors (Lipinski definition) is 15. The number of guanidine groups is 1. The Labute approximate surface area is 370 Å². The van der Waals surface area contributed by atoms with Gasteiger partial charge in [0.2, 0.25) is 41.4 Å². The maximum atomic E-state index is 14.0.